The topological polar surface area (TPSA) is 12.0 Å². The predicted octanol–water partition coefficient (Wildman–Crippen LogP) is 3.59. The van der Waals surface area contributed by atoms with Gasteiger partial charge in [0, 0.05) is 23.5 Å². The Kier molecular flexibility index (Phi) is 3.52. The summed E-state index contributed by atoms with van der Waals surface area (Å²) in [6.07, 6.45) is 1.93. The largest absolute Gasteiger partial charge is 0.306 e. The van der Waals surface area contributed by atoms with Crippen molar-refractivity contribution >= 4 is 27.5 Å². The number of hydrogen-bond acceptors (Lipinski definition) is 1. The van der Waals surface area contributed by atoms with Crippen molar-refractivity contribution in [3.05, 3.63) is 33.8 Å². The lowest BCUT2D eigenvalue weighted by Gasteiger charge is -2.15. The Morgan fingerprint density at radius 2 is 2.06 bits per heavy atom. The Hall–Kier alpha value is -0.190. The standard InChI is InChI=1S/C11H11BrClF2N/c12-8-1-2-9(14)7(10(8)15)5-16-11(6-13)3-4-11/h1-2,16H,3-6H2. The third kappa shape index (κ3) is 2.39. The Morgan fingerprint density at radius 1 is 1.38 bits per heavy atom. The van der Waals surface area contributed by atoms with Gasteiger partial charge < -0.3 is 5.32 Å². The molecule has 0 unspecified atom stereocenters. The first kappa shape index (κ1) is 12.3. The van der Waals surface area contributed by atoms with E-state index in [4.69, 9.17) is 11.6 Å². The first-order chi connectivity index (χ1) is 7.58. The molecule has 1 N–H and O–H groups in total. The van der Waals surface area contributed by atoms with Crippen molar-refractivity contribution in [1.82, 2.24) is 5.32 Å². The van der Waals surface area contributed by atoms with E-state index in [1.165, 1.54) is 12.1 Å². The molecule has 0 saturated heterocycles. The number of rotatable bonds is 4. The van der Waals surface area contributed by atoms with Gasteiger partial charge in [-0.1, -0.05) is 0 Å². The highest BCUT2D eigenvalue weighted by Gasteiger charge is 2.41. The highest BCUT2D eigenvalue weighted by atomic mass is 79.9. The zero-order chi connectivity index (χ0) is 11.8. The van der Waals surface area contributed by atoms with Gasteiger partial charge in [-0.15, -0.1) is 11.6 Å². The fourth-order valence-electron chi connectivity index (χ4n) is 1.52. The summed E-state index contributed by atoms with van der Waals surface area (Å²) in [5.74, 6) is -0.596. The summed E-state index contributed by atoms with van der Waals surface area (Å²) >= 11 is 8.81. The van der Waals surface area contributed by atoms with Gasteiger partial charge in [0.05, 0.1) is 4.47 Å². The summed E-state index contributed by atoms with van der Waals surface area (Å²) in [5, 5.41) is 3.11. The van der Waals surface area contributed by atoms with Crippen LogP contribution in [-0.4, -0.2) is 11.4 Å². The molecule has 0 heterocycles. The van der Waals surface area contributed by atoms with Crippen LogP contribution in [0.2, 0.25) is 0 Å². The molecule has 0 radical (unpaired) electrons. The van der Waals surface area contributed by atoms with Crippen LogP contribution in [0, 0.1) is 11.6 Å². The molecular weight excluding hydrogens is 299 g/mol. The number of hydrogen-bond donors (Lipinski definition) is 1. The lowest BCUT2D eigenvalue weighted by Crippen LogP contribution is -2.33. The summed E-state index contributed by atoms with van der Waals surface area (Å²) < 4.78 is 27.3. The normalized spacial score (nSPS) is 17.5. The van der Waals surface area contributed by atoms with Gasteiger partial charge in [-0.05, 0) is 40.9 Å². The Bertz CT molecular complexity index is 407. The first-order valence-electron chi connectivity index (χ1n) is 5.01. The van der Waals surface area contributed by atoms with Crippen molar-refractivity contribution in [2.45, 2.75) is 24.9 Å². The van der Waals surface area contributed by atoms with Gasteiger partial charge >= 0.3 is 0 Å². The van der Waals surface area contributed by atoms with E-state index in [2.05, 4.69) is 21.2 Å². The average Bonchev–Trinajstić information content (AvgIpc) is 3.05. The third-order valence-electron chi connectivity index (χ3n) is 2.89. The van der Waals surface area contributed by atoms with Crippen LogP contribution in [-0.2, 0) is 6.54 Å². The van der Waals surface area contributed by atoms with Gasteiger partial charge in [-0.2, -0.15) is 0 Å². The molecule has 16 heavy (non-hydrogen) atoms. The molecule has 1 saturated carbocycles. The van der Waals surface area contributed by atoms with E-state index in [0.29, 0.717) is 5.88 Å². The van der Waals surface area contributed by atoms with E-state index in [1.807, 2.05) is 0 Å². The van der Waals surface area contributed by atoms with Crippen LogP contribution >= 0.6 is 27.5 Å². The van der Waals surface area contributed by atoms with Crippen molar-refractivity contribution < 1.29 is 8.78 Å². The Morgan fingerprint density at radius 3 is 2.62 bits per heavy atom. The number of nitrogens with one attached hydrogen (secondary N) is 1. The lowest BCUT2D eigenvalue weighted by atomic mass is 10.2. The van der Waals surface area contributed by atoms with E-state index in [1.54, 1.807) is 0 Å². The molecular formula is C11H11BrClF2N. The second-order valence-corrected chi connectivity index (χ2v) is 5.21. The molecule has 0 spiro atoms. The van der Waals surface area contributed by atoms with Gasteiger partial charge in [-0.3, -0.25) is 0 Å². The van der Waals surface area contributed by atoms with Crippen LogP contribution in [0.5, 0.6) is 0 Å². The molecule has 2 rings (SSSR count). The highest BCUT2D eigenvalue weighted by molar-refractivity contribution is 9.10. The summed E-state index contributed by atoms with van der Waals surface area (Å²) in [5.41, 5.74) is -0.0475. The quantitative estimate of drug-likeness (QED) is 0.662. The van der Waals surface area contributed by atoms with Crippen molar-refractivity contribution in [1.29, 1.82) is 0 Å². The molecule has 1 fully saturated rings. The maximum atomic E-state index is 13.6. The van der Waals surface area contributed by atoms with Crippen LogP contribution in [0.25, 0.3) is 0 Å². The molecule has 5 heteroatoms. The molecule has 1 aromatic rings. The van der Waals surface area contributed by atoms with Crippen molar-refractivity contribution in [2.75, 3.05) is 5.88 Å². The number of alkyl halides is 1. The summed E-state index contributed by atoms with van der Waals surface area (Å²) in [6, 6.07) is 2.62. The lowest BCUT2D eigenvalue weighted by molar-refractivity contribution is 0.493. The maximum Gasteiger partial charge on any atom is 0.144 e. The van der Waals surface area contributed by atoms with E-state index >= 15 is 0 Å². The predicted molar refractivity (Wildman–Crippen MR) is 63.6 cm³/mol. The van der Waals surface area contributed by atoms with Crippen molar-refractivity contribution in [2.24, 2.45) is 0 Å². The highest BCUT2D eigenvalue weighted by Crippen LogP contribution is 2.37. The molecule has 0 atom stereocenters. The summed E-state index contributed by atoms with van der Waals surface area (Å²) in [7, 11) is 0. The van der Waals surface area contributed by atoms with Crippen LogP contribution < -0.4 is 5.32 Å². The van der Waals surface area contributed by atoms with Gasteiger partial charge in [0.1, 0.15) is 11.6 Å². The van der Waals surface area contributed by atoms with E-state index in [0.717, 1.165) is 12.8 Å². The smallest absolute Gasteiger partial charge is 0.144 e. The van der Waals surface area contributed by atoms with Crippen LogP contribution in [0.15, 0.2) is 16.6 Å². The molecule has 0 aliphatic heterocycles. The SMILES string of the molecule is Fc1ccc(Br)c(F)c1CNC1(CCl)CC1. The minimum atomic E-state index is -0.544. The van der Waals surface area contributed by atoms with Crippen LogP contribution in [0.1, 0.15) is 18.4 Å². The van der Waals surface area contributed by atoms with Gasteiger partial charge in [0.15, 0.2) is 0 Å². The Labute approximate surface area is 106 Å². The van der Waals surface area contributed by atoms with Crippen molar-refractivity contribution in [3.8, 4) is 0 Å². The van der Waals surface area contributed by atoms with Gasteiger partial charge in [-0.25, -0.2) is 8.78 Å². The fourth-order valence-corrected chi connectivity index (χ4v) is 2.25. The average molecular weight is 311 g/mol. The van der Waals surface area contributed by atoms with Gasteiger partial charge in [0.25, 0.3) is 0 Å². The van der Waals surface area contributed by atoms with Gasteiger partial charge in [0.2, 0.25) is 0 Å². The second kappa shape index (κ2) is 4.59. The maximum absolute atomic E-state index is 13.6. The molecule has 1 aromatic carbocycles. The zero-order valence-corrected chi connectivity index (χ0v) is 10.8. The summed E-state index contributed by atoms with van der Waals surface area (Å²) in [4.78, 5) is 0. The van der Waals surface area contributed by atoms with Crippen LogP contribution in [0.4, 0.5) is 8.78 Å². The molecule has 0 bridgehead atoms. The minimum Gasteiger partial charge on any atom is -0.306 e. The number of benzene rings is 1. The van der Waals surface area contributed by atoms with Crippen LogP contribution in [0.3, 0.4) is 0 Å². The number of halogens is 4. The van der Waals surface area contributed by atoms with Crippen molar-refractivity contribution in [3.63, 3.8) is 0 Å². The van der Waals surface area contributed by atoms with E-state index < -0.39 is 11.6 Å². The van der Waals surface area contributed by atoms with E-state index in [-0.39, 0.29) is 22.1 Å². The molecule has 0 aromatic heterocycles. The first-order valence-corrected chi connectivity index (χ1v) is 6.34. The molecule has 1 aliphatic rings. The summed E-state index contributed by atoms with van der Waals surface area (Å²) in [6.45, 7) is 0.170. The zero-order valence-electron chi connectivity index (χ0n) is 8.49. The fraction of sp³-hybridized carbons (Fsp3) is 0.455. The molecule has 0 amide bonds. The second-order valence-electron chi connectivity index (χ2n) is 4.09. The molecule has 88 valence electrons. The molecule has 1 nitrogen and oxygen atoms in total. The third-order valence-corrected chi connectivity index (χ3v) is 4.01. The molecule has 1 aliphatic carbocycles. The monoisotopic (exact) mass is 309 g/mol. The minimum absolute atomic E-state index is 0.0609. The Balaban J connectivity index is 2.12. The van der Waals surface area contributed by atoms with E-state index in [9.17, 15) is 8.78 Å².